The van der Waals surface area contributed by atoms with Crippen molar-refractivity contribution in [3.8, 4) is 11.1 Å². The highest BCUT2D eigenvalue weighted by Gasteiger charge is 2.27. The molecule has 0 saturated heterocycles. The number of aliphatic hydroxyl groups excluding tert-OH is 1. The summed E-state index contributed by atoms with van der Waals surface area (Å²) in [6, 6.07) is 17.2. The summed E-state index contributed by atoms with van der Waals surface area (Å²) in [7, 11) is -3.28. The molecule has 3 nitrogen and oxygen atoms in total. The number of benzene rings is 2. The van der Waals surface area contributed by atoms with Crippen LogP contribution in [0.4, 0.5) is 0 Å². The van der Waals surface area contributed by atoms with Crippen LogP contribution in [0.1, 0.15) is 11.7 Å². The highest BCUT2D eigenvalue weighted by molar-refractivity contribution is 14.1. The van der Waals surface area contributed by atoms with Crippen LogP contribution >= 0.6 is 22.6 Å². The van der Waals surface area contributed by atoms with Crippen LogP contribution in [0.5, 0.6) is 0 Å². The van der Waals surface area contributed by atoms with Crippen molar-refractivity contribution in [3.63, 3.8) is 0 Å². The molecule has 2 atom stereocenters. The zero-order valence-corrected chi connectivity index (χ0v) is 13.9. The fourth-order valence-corrected chi connectivity index (χ4v) is 2.93. The Kier molecular flexibility index (Phi) is 4.82. The number of sulfone groups is 1. The first-order valence-electron chi connectivity index (χ1n) is 6.06. The van der Waals surface area contributed by atoms with Crippen LogP contribution in [0.15, 0.2) is 54.6 Å². The molecule has 0 bridgehead atoms. The van der Waals surface area contributed by atoms with Gasteiger partial charge in [-0.1, -0.05) is 77.2 Å². The Bertz CT molecular complexity index is 666. The molecule has 5 heteroatoms. The second-order valence-corrected chi connectivity index (χ2v) is 8.97. The van der Waals surface area contributed by atoms with Gasteiger partial charge in [-0.15, -0.1) is 0 Å². The molecule has 2 rings (SSSR count). The Balaban J connectivity index is 2.25. The van der Waals surface area contributed by atoms with Crippen molar-refractivity contribution in [3.05, 3.63) is 60.2 Å². The van der Waals surface area contributed by atoms with Crippen LogP contribution in [0, 0.1) is 0 Å². The number of hydrogen-bond acceptors (Lipinski definition) is 3. The summed E-state index contributed by atoms with van der Waals surface area (Å²) in [6.07, 6.45) is 0.112. The monoisotopic (exact) mass is 402 g/mol. The lowest BCUT2D eigenvalue weighted by molar-refractivity contribution is 0.197. The Hall–Kier alpha value is -0.920. The molecule has 0 radical (unpaired) electrons. The van der Waals surface area contributed by atoms with Gasteiger partial charge in [-0.2, -0.15) is 0 Å². The number of rotatable bonds is 4. The fourth-order valence-electron chi connectivity index (χ4n) is 1.89. The second kappa shape index (κ2) is 6.24. The molecule has 0 saturated carbocycles. The molecule has 0 aromatic heterocycles. The van der Waals surface area contributed by atoms with Crippen LogP contribution in [-0.4, -0.2) is 23.0 Å². The lowest BCUT2D eigenvalue weighted by atomic mass is 10.0. The zero-order chi connectivity index (χ0) is 14.8. The minimum atomic E-state index is -3.28. The Morgan fingerprint density at radius 1 is 0.950 bits per heavy atom. The molecule has 0 fully saturated rings. The van der Waals surface area contributed by atoms with Crippen LogP contribution < -0.4 is 0 Å². The third-order valence-corrected chi connectivity index (χ3v) is 7.54. The van der Waals surface area contributed by atoms with E-state index in [0.717, 1.165) is 17.4 Å². The largest absolute Gasteiger partial charge is 0.386 e. The maximum Gasteiger partial charge on any atom is 0.162 e. The van der Waals surface area contributed by atoms with E-state index in [1.165, 1.54) is 0 Å². The van der Waals surface area contributed by atoms with Crippen molar-refractivity contribution < 1.29 is 13.5 Å². The van der Waals surface area contributed by atoms with Gasteiger partial charge in [-0.05, 0) is 16.7 Å². The van der Waals surface area contributed by atoms with E-state index in [9.17, 15) is 13.5 Å². The molecular formula is C15H15IO3S. The lowest BCUT2D eigenvalue weighted by Gasteiger charge is -2.16. The SMILES string of the molecule is CS(=O)(=O)[C@@H](I)[C@H](O)c1ccc(-c2ccccc2)cc1. The number of alkyl halides is 1. The van der Waals surface area contributed by atoms with Crippen LogP contribution in [0.25, 0.3) is 11.1 Å². The molecular weight excluding hydrogens is 387 g/mol. The summed E-state index contributed by atoms with van der Waals surface area (Å²) in [5.41, 5.74) is 2.73. The number of halogens is 1. The first-order valence-corrected chi connectivity index (χ1v) is 9.26. The normalized spacial score (nSPS) is 14.8. The smallest absolute Gasteiger partial charge is 0.162 e. The van der Waals surface area contributed by atoms with E-state index in [4.69, 9.17) is 0 Å². The topological polar surface area (TPSA) is 54.4 Å². The van der Waals surface area contributed by atoms with Crippen molar-refractivity contribution in [2.75, 3.05) is 6.26 Å². The molecule has 0 amide bonds. The lowest BCUT2D eigenvalue weighted by Crippen LogP contribution is -2.21. The maximum absolute atomic E-state index is 11.5. The molecule has 0 aliphatic carbocycles. The molecule has 20 heavy (non-hydrogen) atoms. The van der Waals surface area contributed by atoms with Gasteiger partial charge in [0.1, 0.15) is 9.36 Å². The van der Waals surface area contributed by atoms with Crippen LogP contribution in [-0.2, 0) is 9.84 Å². The molecule has 0 unspecified atom stereocenters. The van der Waals surface area contributed by atoms with Gasteiger partial charge in [0.05, 0.1) is 0 Å². The number of aliphatic hydroxyl groups is 1. The van der Waals surface area contributed by atoms with Gasteiger partial charge in [-0.25, -0.2) is 8.42 Å². The van der Waals surface area contributed by atoms with Gasteiger partial charge in [0.2, 0.25) is 0 Å². The molecule has 0 heterocycles. The van der Waals surface area contributed by atoms with E-state index in [1.54, 1.807) is 34.7 Å². The fraction of sp³-hybridized carbons (Fsp3) is 0.200. The molecule has 1 N–H and O–H groups in total. The van der Waals surface area contributed by atoms with Crippen LogP contribution in [0.3, 0.4) is 0 Å². The van der Waals surface area contributed by atoms with Crippen molar-refractivity contribution in [1.82, 2.24) is 0 Å². The molecule has 0 aliphatic heterocycles. The van der Waals surface area contributed by atoms with Crippen molar-refractivity contribution in [2.24, 2.45) is 0 Å². The van der Waals surface area contributed by atoms with Crippen LogP contribution in [0.2, 0.25) is 0 Å². The maximum atomic E-state index is 11.5. The average molecular weight is 402 g/mol. The van der Waals surface area contributed by atoms with Crippen molar-refractivity contribution >= 4 is 32.4 Å². The standard InChI is InChI=1S/C15H15IO3S/c1-20(18,19)15(16)14(17)13-9-7-12(8-10-13)11-5-3-2-4-6-11/h2-10,14-15,17H,1H3/t14-,15-/m1/s1. The number of hydrogen-bond donors (Lipinski definition) is 1. The highest BCUT2D eigenvalue weighted by atomic mass is 127. The van der Waals surface area contributed by atoms with Crippen molar-refractivity contribution in [2.45, 2.75) is 9.36 Å². The molecule has 106 valence electrons. The van der Waals surface area contributed by atoms with Gasteiger partial charge in [0.15, 0.2) is 9.84 Å². The predicted molar refractivity (Wildman–Crippen MR) is 89.5 cm³/mol. The summed E-state index contributed by atoms with van der Waals surface area (Å²) < 4.78 is 22.1. The Morgan fingerprint density at radius 3 is 1.95 bits per heavy atom. The Morgan fingerprint density at radius 2 is 1.45 bits per heavy atom. The van der Waals surface area contributed by atoms with E-state index in [1.807, 2.05) is 42.5 Å². The highest BCUT2D eigenvalue weighted by Crippen LogP contribution is 2.28. The molecule has 2 aromatic rings. The summed E-state index contributed by atoms with van der Waals surface area (Å²) in [6.45, 7) is 0. The summed E-state index contributed by atoms with van der Waals surface area (Å²) in [4.78, 5) is 0. The van der Waals surface area contributed by atoms with E-state index < -0.39 is 19.2 Å². The summed E-state index contributed by atoms with van der Waals surface area (Å²) >= 11 is 1.76. The van der Waals surface area contributed by atoms with Gasteiger partial charge in [0, 0.05) is 6.26 Å². The minimum absolute atomic E-state index is 0.606. The second-order valence-electron chi connectivity index (χ2n) is 4.61. The van der Waals surface area contributed by atoms with Gasteiger partial charge >= 0.3 is 0 Å². The van der Waals surface area contributed by atoms with E-state index in [2.05, 4.69) is 0 Å². The minimum Gasteiger partial charge on any atom is -0.386 e. The molecule has 2 aromatic carbocycles. The zero-order valence-electron chi connectivity index (χ0n) is 10.9. The summed E-state index contributed by atoms with van der Waals surface area (Å²) in [5, 5.41) is 10.1. The van der Waals surface area contributed by atoms with E-state index in [0.29, 0.717) is 5.56 Å². The Labute approximate surface area is 132 Å². The average Bonchev–Trinajstić information content (AvgIpc) is 2.46. The first-order chi connectivity index (χ1) is 9.39. The molecule has 0 aliphatic rings. The summed E-state index contributed by atoms with van der Waals surface area (Å²) in [5.74, 6) is 0. The predicted octanol–water partition coefficient (Wildman–Crippen LogP) is 3.19. The van der Waals surface area contributed by atoms with E-state index in [-0.39, 0.29) is 0 Å². The molecule has 0 spiro atoms. The third kappa shape index (κ3) is 3.59. The van der Waals surface area contributed by atoms with Gasteiger partial charge < -0.3 is 5.11 Å². The van der Waals surface area contributed by atoms with Crippen molar-refractivity contribution in [1.29, 1.82) is 0 Å². The first kappa shape index (κ1) is 15.5. The van der Waals surface area contributed by atoms with E-state index >= 15 is 0 Å². The third-order valence-electron chi connectivity index (χ3n) is 3.02. The quantitative estimate of drug-likeness (QED) is 0.632. The van der Waals surface area contributed by atoms with Gasteiger partial charge in [-0.3, -0.25) is 0 Å². The van der Waals surface area contributed by atoms with Gasteiger partial charge in [0.25, 0.3) is 0 Å².